The van der Waals surface area contributed by atoms with Crippen LogP contribution in [0, 0.1) is 6.92 Å². The maximum absolute atomic E-state index is 14.0. The number of rotatable bonds is 7. The Hall–Kier alpha value is -5.13. The highest BCUT2D eigenvalue weighted by Gasteiger charge is 2.56. The summed E-state index contributed by atoms with van der Waals surface area (Å²) >= 11 is 0. The summed E-state index contributed by atoms with van der Waals surface area (Å²) in [5, 5.41) is 35.4. The fourth-order valence-corrected chi connectivity index (χ4v) is 4.83. The van der Waals surface area contributed by atoms with Crippen molar-refractivity contribution < 1.29 is 48.8 Å². The predicted molar refractivity (Wildman–Crippen MR) is 140 cm³/mol. The van der Waals surface area contributed by atoms with Crippen LogP contribution in [-0.2, 0) is 19.8 Å². The summed E-state index contributed by atoms with van der Waals surface area (Å²) in [5.74, 6) is -4.88. The number of anilines is 1. The topological polar surface area (TPSA) is 189 Å². The summed E-state index contributed by atoms with van der Waals surface area (Å²) in [7, 11) is 1.38. The van der Waals surface area contributed by atoms with Crippen molar-refractivity contribution in [2.75, 3.05) is 19.0 Å². The lowest BCUT2D eigenvalue weighted by Crippen LogP contribution is -2.40. The van der Waals surface area contributed by atoms with Gasteiger partial charge in [0.1, 0.15) is 46.3 Å². The first kappa shape index (κ1) is 27.9. The summed E-state index contributed by atoms with van der Waals surface area (Å²) in [6, 6.07) is 4.24. The van der Waals surface area contributed by atoms with Crippen molar-refractivity contribution >= 4 is 34.9 Å². The van der Waals surface area contributed by atoms with Crippen LogP contribution in [0.15, 0.2) is 41.3 Å². The van der Waals surface area contributed by atoms with Gasteiger partial charge in [-0.05, 0) is 45.9 Å². The normalized spacial score (nSPS) is 18.7. The molecule has 2 aromatic carbocycles. The second-order valence-corrected chi connectivity index (χ2v) is 9.50. The molecule has 0 spiro atoms. The molecule has 0 radical (unpaired) electrons. The lowest BCUT2D eigenvalue weighted by molar-refractivity contribution is -0.135. The number of ether oxygens (including phenoxy) is 2. The first-order valence-electron chi connectivity index (χ1n) is 12.0. The number of aliphatic carboxylic acids is 1. The number of carboxylic acids is 1. The zero-order valence-electron chi connectivity index (χ0n) is 22.2. The molecule has 1 unspecified atom stereocenters. The number of nitrogens with one attached hydrogen (secondary N) is 2. The van der Waals surface area contributed by atoms with Gasteiger partial charge in [-0.2, -0.15) is 0 Å². The van der Waals surface area contributed by atoms with E-state index in [9.17, 15) is 34.2 Å². The van der Waals surface area contributed by atoms with Crippen molar-refractivity contribution in [1.82, 2.24) is 5.32 Å². The number of carboxylic acid groups (broad SMARTS) is 1. The highest BCUT2D eigenvalue weighted by molar-refractivity contribution is 6.31. The van der Waals surface area contributed by atoms with E-state index in [0.717, 1.165) is 6.08 Å². The van der Waals surface area contributed by atoms with Crippen molar-refractivity contribution in [2.45, 2.75) is 33.1 Å². The van der Waals surface area contributed by atoms with Gasteiger partial charge in [0.05, 0.1) is 23.9 Å². The number of phenols is 2. The zero-order chi connectivity index (χ0) is 29.7. The Labute approximate surface area is 227 Å². The van der Waals surface area contributed by atoms with Gasteiger partial charge in [-0.25, -0.2) is 0 Å². The molecule has 1 heterocycles. The minimum atomic E-state index is -1.70. The van der Waals surface area contributed by atoms with E-state index in [4.69, 9.17) is 14.6 Å². The predicted octanol–water partition coefficient (Wildman–Crippen LogP) is 2.50. The second kappa shape index (κ2) is 9.88. The van der Waals surface area contributed by atoms with Crippen LogP contribution in [0.5, 0.6) is 23.0 Å². The molecule has 12 nitrogen and oxygen atoms in total. The van der Waals surface area contributed by atoms with Crippen molar-refractivity contribution in [3.63, 3.8) is 0 Å². The highest BCUT2D eigenvalue weighted by atomic mass is 16.5. The lowest BCUT2D eigenvalue weighted by atomic mass is 9.70. The highest BCUT2D eigenvalue weighted by Crippen LogP contribution is 2.57. The van der Waals surface area contributed by atoms with Gasteiger partial charge < -0.3 is 35.4 Å². The molecule has 4 rings (SSSR count). The molecule has 1 aliphatic carbocycles. The molecule has 5 N–H and O–H groups in total. The zero-order valence-corrected chi connectivity index (χ0v) is 22.2. The average molecular weight is 551 g/mol. The number of Topliss-reactive ketones (excluding diaryl/α,β-unsaturated/α-hetero) is 2. The molecular weight excluding hydrogens is 524 g/mol. The Kier molecular flexibility index (Phi) is 6.89. The van der Waals surface area contributed by atoms with Crippen LogP contribution in [0.3, 0.4) is 0 Å². The van der Waals surface area contributed by atoms with Gasteiger partial charge in [-0.15, -0.1) is 0 Å². The van der Waals surface area contributed by atoms with Crippen LogP contribution in [0.2, 0.25) is 0 Å². The monoisotopic (exact) mass is 550 g/mol. The second-order valence-electron chi connectivity index (χ2n) is 9.50. The number of phenolic OH excluding ortho intramolecular Hbond substituents is 2. The van der Waals surface area contributed by atoms with Crippen LogP contribution in [0.1, 0.15) is 52.6 Å². The number of hydrogen-bond acceptors (Lipinski definition) is 10. The molecule has 208 valence electrons. The summed E-state index contributed by atoms with van der Waals surface area (Å²) < 4.78 is 11.1. The smallest absolute Gasteiger partial charge is 0.322 e. The molecule has 1 amide bonds. The van der Waals surface area contributed by atoms with E-state index >= 15 is 0 Å². The maximum Gasteiger partial charge on any atom is 0.322 e. The van der Waals surface area contributed by atoms with Gasteiger partial charge in [0.2, 0.25) is 0 Å². The van der Waals surface area contributed by atoms with Crippen LogP contribution in [-0.4, -0.2) is 58.2 Å². The number of allylic oxidation sites excluding steroid dienone is 4. The van der Waals surface area contributed by atoms with Crippen LogP contribution in [0.25, 0.3) is 0 Å². The molecular formula is C28H26N2O10. The van der Waals surface area contributed by atoms with E-state index in [0.29, 0.717) is 0 Å². The molecule has 40 heavy (non-hydrogen) atoms. The minimum absolute atomic E-state index is 0.0252. The standard InChI is InChI=1S/C28H26N2O10/c1-11-23(35)21(13(3)31)25-22(24(11)36)28(4)18(40-25)9-16(32)20(26(28)37)12(2)30-15-8-14(6-7-17(15)39-5)27(38)29-10-19(33)34/h6-9,30,35-36H,10H2,1-5H3,(H,29,38)(H,33,34). The number of ketones is 3. The molecule has 0 saturated carbocycles. The van der Waals surface area contributed by atoms with E-state index < -0.39 is 52.7 Å². The van der Waals surface area contributed by atoms with Gasteiger partial charge in [-0.3, -0.25) is 24.0 Å². The molecule has 1 aliphatic heterocycles. The van der Waals surface area contributed by atoms with Crippen molar-refractivity contribution in [3.8, 4) is 23.0 Å². The van der Waals surface area contributed by atoms with Gasteiger partial charge in [0.15, 0.2) is 17.3 Å². The Balaban J connectivity index is 1.81. The van der Waals surface area contributed by atoms with Gasteiger partial charge >= 0.3 is 5.97 Å². The number of benzene rings is 2. The number of aromatic hydroxyl groups is 2. The Bertz CT molecular complexity index is 1600. The number of methoxy groups -OCH3 is 1. The largest absolute Gasteiger partial charge is 0.507 e. The number of fused-ring (bicyclic) bond motifs is 3. The lowest BCUT2D eigenvalue weighted by Gasteiger charge is -2.29. The summed E-state index contributed by atoms with van der Waals surface area (Å²) in [4.78, 5) is 62.7. The molecule has 1 atom stereocenters. The van der Waals surface area contributed by atoms with Gasteiger partial charge in [-0.1, -0.05) is 0 Å². The SMILES string of the molecule is COc1ccc(C(=O)NCC(=O)O)cc1NC(C)=C1C(=O)C=C2Oc3c(C(C)=O)c(O)c(C)c(O)c3C2(C)C1=O. The van der Waals surface area contributed by atoms with E-state index in [-0.39, 0.29) is 56.5 Å². The third kappa shape index (κ3) is 4.23. The van der Waals surface area contributed by atoms with Gasteiger partial charge in [0, 0.05) is 22.9 Å². The first-order chi connectivity index (χ1) is 18.7. The van der Waals surface area contributed by atoms with E-state index in [2.05, 4.69) is 10.6 Å². The van der Waals surface area contributed by atoms with Crippen LogP contribution < -0.4 is 20.1 Å². The number of amides is 1. The quantitative estimate of drug-likeness (QED) is 0.193. The third-order valence-corrected chi connectivity index (χ3v) is 6.94. The Morgan fingerprint density at radius 3 is 2.38 bits per heavy atom. The van der Waals surface area contributed by atoms with Crippen LogP contribution >= 0.6 is 0 Å². The molecule has 0 fully saturated rings. The number of carbonyl (C=O) groups excluding carboxylic acids is 4. The first-order valence-corrected chi connectivity index (χ1v) is 12.0. The Morgan fingerprint density at radius 1 is 1.10 bits per heavy atom. The van der Waals surface area contributed by atoms with Crippen LogP contribution in [0.4, 0.5) is 5.69 Å². The number of hydrogen-bond donors (Lipinski definition) is 5. The third-order valence-electron chi connectivity index (χ3n) is 6.94. The molecule has 2 aliphatic rings. The Morgan fingerprint density at radius 2 is 1.77 bits per heavy atom. The fourth-order valence-electron chi connectivity index (χ4n) is 4.83. The number of carbonyl (C=O) groups is 5. The fraction of sp³-hybridized carbons (Fsp3) is 0.250. The average Bonchev–Trinajstić information content (AvgIpc) is 3.18. The van der Waals surface area contributed by atoms with E-state index in [1.54, 1.807) is 0 Å². The molecule has 0 bridgehead atoms. The van der Waals surface area contributed by atoms with E-state index in [1.165, 1.54) is 53.0 Å². The van der Waals surface area contributed by atoms with Crippen molar-refractivity contribution in [3.05, 3.63) is 63.6 Å². The molecule has 12 heteroatoms. The summed E-state index contributed by atoms with van der Waals surface area (Å²) in [5.41, 5.74) is -1.88. The van der Waals surface area contributed by atoms with Crippen molar-refractivity contribution in [1.29, 1.82) is 0 Å². The molecule has 0 aromatic heterocycles. The van der Waals surface area contributed by atoms with E-state index in [1.807, 2.05) is 0 Å². The molecule has 2 aromatic rings. The molecule has 0 saturated heterocycles. The minimum Gasteiger partial charge on any atom is -0.507 e. The van der Waals surface area contributed by atoms with Gasteiger partial charge in [0.25, 0.3) is 5.91 Å². The summed E-state index contributed by atoms with van der Waals surface area (Å²) in [6.45, 7) is 4.90. The maximum atomic E-state index is 14.0. The summed E-state index contributed by atoms with van der Waals surface area (Å²) in [6.07, 6.45) is 1.09. The van der Waals surface area contributed by atoms with Crippen molar-refractivity contribution in [2.24, 2.45) is 0 Å².